The summed E-state index contributed by atoms with van der Waals surface area (Å²) < 4.78 is 1.27. The third-order valence-electron chi connectivity index (χ3n) is 1.08. The second-order valence-corrected chi connectivity index (χ2v) is 2.85. The van der Waals surface area contributed by atoms with Gasteiger partial charge >= 0.3 is 62.9 Å². The van der Waals surface area contributed by atoms with E-state index >= 15 is 0 Å². The minimum atomic E-state index is 1.27. The predicted octanol–water partition coefficient (Wildman–Crippen LogP) is 1.09. The van der Waals surface area contributed by atoms with Gasteiger partial charge in [-0.2, -0.15) is 0 Å². The van der Waals surface area contributed by atoms with E-state index in [1.165, 1.54) is 32.5 Å². The molecule has 0 spiro atoms. The first kappa shape index (κ1) is 6.14. The van der Waals surface area contributed by atoms with Gasteiger partial charge in [-0.15, -0.1) is 0 Å². The van der Waals surface area contributed by atoms with Crippen LogP contribution in [0.1, 0.15) is 5.56 Å². The van der Waals surface area contributed by atoms with Gasteiger partial charge in [-0.25, -0.2) is 0 Å². The first-order chi connectivity index (χ1) is 3.93. The summed E-state index contributed by atoms with van der Waals surface area (Å²) in [6.45, 7) is 0. The van der Waals surface area contributed by atoms with Crippen molar-refractivity contribution in [3.8, 4) is 0 Å². The summed E-state index contributed by atoms with van der Waals surface area (Å²) in [6, 6.07) is 10.6. The summed E-state index contributed by atoms with van der Waals surface area (Å²) in [5.74, 6) is 0. The quantitative estimate of drug-likeness (QED) is 0.609. The Morgan fingerprint density at radius 1 is 1.12 bits per heavy atom. The second-order valence-electron chi connectivity index (χ2n) is 1.69. The van der Waals surface area contributed by atoms with Crippen molar-refractivity contribution in [1.29, 1.82) is 0 Å². The van der Waals surface area contributed by atoms with Crippen LogP contribution in [0, 0.1) is 0 Å². The van der Waals surface area contributed by atoms with Crippen LogP contribution in [0.2, 0.25) is 0 Å². The zero-order chi connectivity index (χ0) is 5.82. The predicted molar refractivity (Wildman–Crippen MR) is 37.3 cm³/mol. The molecule has 0 aliphatic rings. The van der Waals surface area contributed by atoms with Gasteiger partial charge in [-0.3, -0.25) is 0 Å². The van der Waals surface area contributed by atoms with Crippen LogP contribution in [0.3, 0.4) is 0 Å². The zero-order valence-electron chi connectivity index (χ0n) is 4.67. The molecule has 2 radical (unpaired) electrons. The minimum absolute atomic E-state index is 1.27. The molecule has 0 atom stereocenters. The monoisotopic (exact) mass is 212 g/mol. The van der Waals surface area contributed by atoms with Crippen LogP contribution in [0.15, 0.2) is 30.3 Å². The van der Waals surface area contributed by atoms with E-state index in [1.807, 2.05) is 0 Å². The van der Waals surface area contributed by atoms with Crippen molar-refractivity contribution < 1.29 is 0 Å². The van der Waals surface area contributed by atoms with Crippen LogP contribution in [-0.4, -0.2) is 22.5 Å². The fourth-order valence-corrected chi connectivity index (χ4v) is 1.39. The molecule has 0 aliphatic carbocycles. The first-order valence-electron chi connectivity index (χ1n) is 2.67. The maximum atomic E-state index is 2.17. The maximum absolute atomic E-state index is 2.17. The number of rotatable bonds is 1. The van der Waals surface area contributed by atoms with E-state index in [9.17, 15) is 0 Å². The van der Waals surface area contributed by atoms with Crippen molar-refractivity contribution in [2.24, 2.45) is 0 Å². The molecule has 0 bridgehead atoms. The molecule has 1 rings (SSSR count). The van der Waals surface area contributed by atoms with Crippen molar-refractivity contribution in [2.45, 2.75) is 4.44 Å². The molecule has 0 aliphatic heterocycles. The van der Waals surface area contributed by atoms with E-state index < -0.39 is 0 Å². The van der Waals surface area contributed by atoms with Gasteiger partial charge in [0, 0.05) is 0 Å². The molecule has 0 N–H and O–H groups in total. The topological polar surface area (TPSA) is 0 Å². The van der Waals surface area contributed by atoms with Crippen molar-refractivity contribution >= 4 is 22.5 Å². The molecule has 1 heteroatoms. The summed E-state index contributed by atoms with van der Waals surface area (Å²) in [5, 5.41) is 0. The van der Waals surface area contributed by atoms with Crippen LogP contribution in [0.4, 0.5) is 0 Å². The molecule has 0 unspecified atom stereocenters. The average Bonchev–Trinajstić information content (AvgIpc) is 1.90. The Labute approximate surface area is 63.0 Å². The summed E-state index contributed by atoms with van der Waals surface area (Å²) in [6.07, 6.45) is 0. The van der Waals surface area contributed by atoms with E-state index in [1.54, 1.807) is 0 Å². The Hall–Kier alpha value is 0.0187. The molecule has 0 aromatic heterocycles. The number of benzene rings is 1. The van der Waals surface area contributed by atoms with E-state index in [0.717, 1.165) is 0 Å². The molecular formula is C7H8Sn. The van der Waals surface area contributed by atoms with Crippen LogP contribution < -0.4 is 0 Å². The molecule has 8 heavy (non-hydrogen) atoms. The van der Waals surface area contributed by atoms with Gasteiger partial charge in [0.1, 0.15) is 0 Å². The standard InChI is InChI=1S/C7H7.Sn.H/c1-7-5-3-2-4-6-7;;/h2-6H,1H2;;. The summed E-state index contributed by atoms with van der Waals surface area (Å²) in [4.78, 5) is 0. The van der Waals surface area contributed by atoms with E-state index in [0.29, 0.717) is 0 Å². The molecule has 0 amide bonds. The SMILES string of the molecule is [SnH][CH2]c1ccccc1. The Kier molecular flexibility index (Phi) is 2.40. The van der Waals surface area contributed by atoms with Crippen LogP contribution in [-0.2, 0) is 4.44 Å². The third kappa shape index (κ3) is 1.51. The normalized spacial score (nSPS) is 9.12. The van der Waals surface area contributed by atoms with Crippen molar-refractivity contribution in [3.05, 3.63) is 35.9 Å². The van der Waals surface area contributed by atoms with Crippen molar-refractivity contribution in [3.63, 3.8) is 0 Å². The average molecular weight is 211 g/mol. The molecule has 0 nitrogen and oxygen atoms in total. The van der Waals surface area contributed by atoms with Crippen LogP contribution in [0.25, 0.3) is 0 Å². The second kappa shape index (κ2) is 3.13. The zero-order valence-corrected chi connectivity index (χ0v) is 7.97. The van der Waals surface area contributed by atoms with E-state index in [2.05, 4.69) is 30.3 Å². The summed E-state index contributed by atoms with van der Waals surface area (Å²) in [5.41, 5.74) is 1.47. The van der Waals surface area contributed by atoms with Gasteiger partial charge in [0.15, 0.2) is 0 Å². The van der Waals surface area contributed by atoms with Gasteiger partial charge < -0.3 is 0 Å². The molecular weight excluding hydrogens is 203 g/mol. The molecule has 1 aromatic rings. The number of hydrogen-bond acceptors (Lipinski definition) is 0. The molecule has 0 saturated heterocycles. The van der Waals surface area contributed by atoms with Crippen molar-refractivity contribution in [1.82, 2.24) is 0 Å². The number of hydrogen-bond donors (Lipinski definition) is 0. The molecule has 40 valence electrons. The molecule has 0 saturated carbocycles. The van der Waals surface area contributed by atoms with Crippen molar-refractivity contribution in [2.75, 3.05) is 0 Å². The Morgan fingerprint density at radius 2 is 1.75 bits per heavy atom. The van der Waals surface area contributed by atoms with Crippen LogP contribution in [0.5, 0.6) is 0 Å². The first-order valence-corrected chi connectivity index (χ1v) is 5.00. The fraction of sp³-hybridized carbons (Fsp3) is 0.143. The van der Waals surface area contributed by atoms with Crippen LogP contribution >= 0.6 is 0 Å². The van der Waals surface area contributed by atoms with Gasteiger partial charge in [-0.1, -0.05) is 0 Å². The molecule has 0 fully saturated rings. The van der Waals surface area contributed by atoms with Gasteiger partial charge in [0.05, 0.1) is 0 Å². The van der Waals surface area contributed by atoms with Gasteiger partial charge in [0.2, 0.25) is 0 Å². The van der Waals surface area contributed by atoms with E-state index in [4.69, 9.17) is 0 Å². The Morgan fingerprint density at radius 3 is 2.12 bits per heavy atom. The van der Waals surface area contributed by atoms with Gasteiger partial charge in [-0.05, 0) is 0 Å². The summed E-state index contributed by atoms with van der Waals surface area (Å²) >= 11 is 1.33. The van der Waals surface area contributed by atoms with Gasteiger partial charge in [0.25, 0.3) is 0 Å². The molecule has 0 heterocycles. The Bertz CT molecular complexity index is 146. The fourth-order valence-electron chi connectivity index (χ4n) is 0.614. The van der Waals surface area contributed by atoms with E-state index in [-0.39, 0.29) is 0 Å². The molecule has 1 aromatic carbocycles. The Balaban J connectivity index is 2.83. The summed E-state index contributed by atoms with van der Waals surface area (Å²) in [7, 11) is 0. The third-order valence-corrected chi connectivity index (χ3v) is 2.42.